The molecule has 1 aliphatic rings. The van der Waals surface area contributed by atoms with Crippen molar-refractivity contribution < 1.29 is 4.74 Å². The van der Waals surface area contributed by atoms with Gasteiger partial charge in [-0.05, 0) is 0 Å². The third-order valence-electron chi connectivity index (χ3n) is 1.68. The number of piperazine rings is 1. The van der Waals surface area contributed by atoms with Gasteiger partial charge in [-0.25, -0.2) is 0 Å². The molecule has 0 bridgehead atoms. The maximum atomic E-state index is 5.30. The van der Waals surface area contributed by atoms with Gasteiger partial charge in [-0.1, -0.05) is 6.08 Å². The Hall–Kier alpha value is -0.380. The molecule has 1 saturated heterocycles. The van der Waals surface area contributed by atoms with E-state index in [1.165, 1.54) is 0 Å². The maximum absolute atomic E-state index is 5.30. The van der Waals surface area contributed by atoms with E-state index in [0.717, 1.165) is 26.2 Å². The summed E-state index contributed by atoms with van der Waals surface area (Å²) in [7, 11) is 0. The van der Waals surface area contributed by atoms with Gasteiger partial charge >= 0.3 is 0 Å². The van der Waals surface area contributed by atoms with Crippen LogP contribution in [0.2, 0.25) is 0 Å². The van der Waals surface area contributed by atoms with Gasteiger partial charge in [-0.3, -0.25) is 0 Å². The molecule has 11 heavy (non-hydrogen) atoms. The molecule has 1 aliphatic heterocycles. The van der Waals surface area contributed by atoms with Crippen molar-refractivity contribution in [3.05, 3.63) is 12.7 Å². The first-order valence-electron chi connectivity index (χ1n) is 4.06. The van der Waals surface area contributed by atoms with Gasteiger partial charge in [0.25, 0.3) is 0 Å². The Bertz CT molecular complexity index is 111. The van der Waals surface area contributed by atoms with Crippen LogP contribution in [0.15, 0.2) is 12.7 Å². The van der Waals surface area contributed by atoms with Gasteiger partial charge in [0.2, 0.25) is 0 Å². The zero-order valence-electron chi connectivity index (χ0n) is 6.81. The van der Waals surface area contributed by atoms with Crippen molar-refractivity contribution >= 4 is 0 Å². The average Bonchev–Trinajstić information content (AvgIpc) is 2.07. The molecule has 1 atom stereocenters. The van der Waals surface area contributed by atoms with Crippen LogP contribution in [0.5, 0.6) is 0 Å². The Balaban J connectivity index is 2.00. The van der Waals surface area contributed by atoms with Crippen molar-refractivity contribution in [1.82, 2.24) is 10.6 Å². The number of hydrogen-bond acceptors (Lipinski definition) is 3. The number of hydrogen-bond donors (Lipinski definition) is 2. The van der Waals surface area contributed by atoms with Crippen molar-refractivity contribution in [3.8, 4) is 0 Å². The van der Waals surface area contributed by atoms with Crippen molar-refractivity contribution in [2.75, 3.05) is 32.8 Å². The van der Waals surface area contributed by atoms with Crippen LogP contribution in [0.1, 0.15) is 0 Å². The van der Waals surface area contributed by atoms with E-state index >= 15 is 0 Å². The summed E-state index contributed by atoms with van der Waals surface area (Å²) in [5, 5.41) is 6.65. The van der Waals surface area contributed by atoms with E-state index in [2.05, 4.69) is 17.2 Å². The third-order valence-corrected chi connectivity index (χ3v) is 1.68. The first-order valence-corrected chi connectivity index (χ1v) is 4.06. The van der Waals surface area contributed by atoms with Gasteiger partial charge in [-0.2, -0.15) is 0 Å². The second-order valence-electron chi connectivity index (χ2n) is 2.68. The fourth-order valence-electron chi connectivity index (χ4n) is 1.12. The first kappa shape index (κ1) is 8.71. The predicted octanol–water partition coefficient (Wildman–Crippen LogP) is -0.250. The molecule has 0 amide bonds. The fraction of sp³-hybridized carbons (Fsp3) is 0.750. The van der Waals surface area contributed by atoms with E-state index < -0.39 is 0 Å². The van der Waals surface area contributed by atoms with Gasteiger partial charge in [0.15, 0.2) is 0 Å². The van der Waals surface area contributed by atoms with E-state index in [1.807, 2.05) is 0 Å². The Kier molecular flexibility index (Phi) is 4.19. The summed E-state index contributed by atoms with van der Waals surface area (Å²) >= 11 is 0. The van der Waals surface area contributed by atoms with Gasteiger partial charge in [0, 0.05) is 25.7 Å². The molecule has 3 heteroatoms. The van der Waals surface area contributed by atoms with Crippen LogP contribution in [-0.2, 0) is 4.74 Å². The van der Waals surface area contributed by atoms with Gasteiger partial charge in [-0.15, -0.1) is 6.58 Å². The average molecular weight is 156 g/mol. The van der Waals surface area contributed by atoms with E-state index in [9.17, 15) is 0 Å². The molecule has 0 saturated carbocycles. The van der Waals surface area contributed by atoms with Crippen LogP contribution in [0.4, 0.5) is 0 Å². The largest absolute Gasteiger partial charge is 0.376 e. The molecule has 3 nitrogen and oxygen atoms in total. The van der Waals surface area contributed by atoms with Crippen LogP contribution in [0.25, 0.3) is 0 Å². The van der Waals surface area contributed by atoms with Crippen molar-refractivity contribution in [2.45, 2.75) is 6.04 Å². The fourth-order valence-corrected chi connectivity index (χ4v) is 1.12. The minimum Gasteiger partial charge on any atom is -0.376 e. The first-order chi connectivity index (χ1) is 5.43. The summed E-state index contributed by atoms with van der Waals surface area (Å²) in [4.78, 5) is 0. The lowest BCUT2D eigenvalue weighted by molar-refractivity contribution is 0.130. The van der Waals surface area contributed by atoms with E-state index in [4.69, 9.17) is 4.74 Å². The van der Waals surface area contributed by atoms with E-state index in [1.54, 1.807) is 6.08 Å². The van der Waals surface area contributed by atoms with Gasteiger partial charge in [0.05, 0.1) is 13.2 Å². The second-order valence-corrected chi connectivity index (χ2v) is 2.68. The summed E-state index contributed by atoms with van der Waals surface area (Å²) in [5.41, 5.74) is 0. The van der Waals surface area contributed by atoms with Crippen molar-refractivity contribution in [3.63, 3.8) is 0 Å². The molecule has 0 aromatic heterocycles. The number of rotatable bonds is 4. The molecule has 1 rings (SSSR count). The minimum atomic E-state index is 0.476. The quantitative estimate of drug-likeness (QED) is 0.435. The minimum absolute atomic E-state index is 0.476. The normalized spacial score (nSPS) is 24.9. The molecular formula is C8H16N2O. The summed E-state index contributed by atoms with van der Waals surface area (Å²) < 4.78 is 5.30. The molecule has 0 aliphatic carbocycles. The molecule has 64 valence electrons. The highest BCUT2D eigenvalue weighted by Gasteiger charge is 2.10. The zero-order valence-corrected chi connectivity index (χ0v) is 6.81. The lowest BCUT2D eigenvalue weighted by atomic mass is 10.2. The van der Waals surface area contributed by atoms with Crippen LogP contribution in [0, 0.1) is 0 Å². The highest BCUT2D eigenvalue weighted by molar-refractivity contribution is 4.75. The topological polar surface area (TPSA) is 33.3 Å². The molecule has 0 spiro atoms. The second kappa shape index (κ2) is 5.29. The Morgan fingerprint density at radius 2 is 2.45 bits per heavy atom. The van der Waals surface area contributed by atoms with E-state index in [0.29, 0.717) is 12.6 Å². The number of ether oxygens (including phenoxy) is 1. The van der Waals surface area contributed by atoms with Gasteiger partial charge < -0.3 is 15.4 Å². The lowest BCUT2D eigenvalue weighted by Crippen LogP contribution is -2.50. The molecule has 1 fully saturated rings. The highest BCUT2D eigenvalue weighted by atomic mass is 16.5. The zero-order chi connectivity index (χ0) is 7.94. The number of nitrogens with one attached hydrogen (secondary N) is 2. The Morgan fingerprint density at radius 3 is 3.09 bits per heavy atom. The molecule has 2 N–H and O–H groups in total. The monoisotopic (exact) mass is 156 g/mol. The van der Waals surface area contributed by atoms with Crippen LogP contribution in [0.3, 0.4) is 0 Å². The van der Waals surface area contributed by atoms with Crippen LogP contribution in [-0.4, -0.2) is 38.9 Å². The standard InChI is InChI=1S/C8H16N2O/c1-2-5-11-7-8-6-9-3-4-10-8/h2,8-10H,1,3-7H2. The van der Waals surface area contributed by atoms with Gasteiger partial charge in [0.1, 0.15) is 0 Å². The summed E-state index contributed by atoms with van der Waals surface area (Å²) in [6.45, 7) is 8.13. The summed E-state index contributed by atoms with van der Waals surface area (Å²) in [6, 6.07) is 0.476. The Labute approximate surface area is 67.8 Å². The molecule has 0 aromatic carbocycles. The van der Waals surface area contributed by atoms with Crippen LogP contribution >= 0.6 is 0 Å². The molecule has 1 unspecified atom stereocenters. The molecule has 0 aromatic rings. The maximum Gasteiger partial charge on any atom is 0.0645 e. The summed E-state index contributed by atoms with van der Waals surface area (Å²) in [5.74, 6) is 0. The molecule has 0 radical (unpaired) electrons. The van der Waals surface area contributed by atoms with E-state index in [-0.39, 0.29) is 0 Å². The Morgan fingerprint density at radius 1 is 1.55 bits per heavy atom. The molecular weight excluding hydrogens is 140 g/mol. The lowest BCUT2D eigenvalue weighted by Gasteiger charge is -2.23. The third kappa shape index (κ3) is 3.51. The van der Waals surface area contributed by atoms with Crippen molar-refractivity contribution in [2.24, 2.45) is 0 Å². The molecule has 1 heterocycles. The predicted molar refractivity (Wildman–Crippen MR) is 45.7 cm³/mol. The highest BCUT2D eigenvalue weighted by Crippen LogP contribution is 1.88. The van der Waals surface area contributed by atoms with Crippen molar-refractivity contribution in [1.29, 1.82) is 0 Å². The summed E-state index contributed by atoms with van der Waals surface area (Å²) in [6.07, 6.45) is 1.77. The smallest absolute Gasteiger partial charge is 0.0645 e. The van der Waals surface area contributed by atoms with Crippen LogP contribution < -0.4 is 10.6 Å². The SMILES string of the molecule is C=CCOCC1CNCCN1.